The van der Waals surface area contributed by atoms with Crippen molar-refractivity contribution in [3.63, 3.8) is 0 Å². The number of hydrogen-bond donors (Lipinski definition) is 2. The summed E-state index contributed by atoms with van der Waals surface area (Å²) in [6.45, 7) is 4.11. The van der Waals surface area contributed by atoms with Gasteiger partial charge in [0.15, 0.2) is 11.2 Å². The summed E-state index contributed by atoms with van der Waals surface area (Å²) in [5, 5.41) is 13.7. The summed E-state index contributed by atoms with van der Waals surface area (Å²) in [4.78, 5) is 18.1. The molecular weight excluding hydrogens is 403 g/mol. The van der Waals surface area contributed by atoms with Gasteiger partial charge in [0.2, 0.25) is 0 Å². The normalized spacial score (nSPS) is 10.7. The molecule has 164 valence electrons. The van der Waals surface area contributed by atoms with Crippen LogP contribution in [0.2, 0.25) is 0 Å². The number of aryl methyl sites for hydroxylation is 2. The van der Waals surface area contributed by atoms with E-state index < -0.39 is 11.6 Å². The molecule has 8 nitrogen and oxygen atoms in total. The lowest BCUT2D eigenvalue weighted by Crippen LogP contribution is -2.03. The Bertz CT molecular complexity index is 1210. The molecule has 9 heteroatoms. The highest BCUT2D eigenvalue weighted by atomic mass is 19.1. The van der Waals surface area contributed by atoms with Crippen LogP contribution >= 0.6 is 0 Å². The van der Waals surface area contributed by atoms with E-state index in [0.29, 0.717) is 42.0 Å². The zero-order valence-electron chi connectivity index (χ0n) is 17.7. The van der Waals surface area contributed by atoms with Gasteiger partial charge < -0.3 is 14.3 Å². The number of pyridine rings is 1. The van der Waals surface area contributed by atoms with E-state index in [0.717, 1.165) is 16.8 Å². The van der Waals surface area contributed by atoms with Gasteiger partial charge in [-0.05, 0) is 42.7 Å². The maximum absolute atomic E-state index is 13.2. The van der Waals surface area contributed by atoms with Crippen molar-refractivity contribution in [2.45, 2.75) is 33.3 Å². The van der Waals surface area contributed by atoms with E-state index in [1.54, 1.807) is 23.1 Å². The summed E-state index contributed by atoms with van der Waals surface area (Å²) in [7, 11) is 1.83. The zero-order valence-corrected chi connectivity index (χ0v) is 17.7. The largest absolute Gasteiger partial charge is 0.493 e. The highest BCUT2D eigenvalue weighted by Gasteiger charge is 2.14. The quantitative estimate of drug-likeness (QED) is 0.436. The first-order valence-corrected chi connectivity index (χ1v) is 10.1. The molecule has 0 fully saturated rings. The maximum atomic E-state index is 13.2. The fourth-order valence-corrected chi connectivity index (χ4v) is 3.26. The van der Waals surface area contributed by atoms with Crippen LogP contribution in [0, 0.1) is 5.82 Å². The van der Waals surface area contributed by atoms with Gasteiger partial charge in [0.1, 0.15) is 11.6 Å². The minimum Gasteiger partial charge on any atom is -0.493 e. The standard InChI is InChI=1S/C20H19FN4O4.C2H6/c1-25-18(13-8-17-19(22-9-13)24-20(27)29-17)12(10-23-25)3-2-6-28-16-5-4-15(21)7-14(16)11-26;1-2/h4-5,7-10,26H,2-3,6,11H2,1H3,(H,22,24,27);1-2H3. The summed E-state index contributed by atoms with van der Waals surface area (Å²) in [6.07, 6.45) is 4.82. The number of aliphatic hydroxyl groups is 1. The lowest BCUT2D eigenvalue weighted by Gasteiger charge is -2.10. The van der Waals surface area contributed by atoms with Crippen molar-refractivity contribution in [2.24, 2.45) is 7.05 Å². The van der Waals surface area contributed by atoms with Crippen molar-refractivity contribution in [2.75, 3.05) is 6.61 Å². The SMILES string of the molecule is CC.Cn1ncc(CCCOc2ccc(F)cc2CO)c1-c1cnc2[nH]c(=O)oc2c1. The number of H-pyrrole nitrogens is 1. The molecule has 0 radical (unpaired) electrons. The third-order valence-electron chi connectivity index (χ3n) is 4.60. The number of nitrogens with zero attached hydrogens (tertiary/aromatic N) is 3. The predicted octanol–water partition coefficient (Wildman–Crippen LogP) is 3.59. The molecule has 2 N–H and O–H groups in total. The first kappa shape index (κ1) is 22.2. The second-order valence-electron chi connectivity index (χ2n) is 6.59. The second-order valence-corrected chi connectivity index (χ2v) is 6.59. The molecule has 31 heavy (non-hydrogen) atoms. The third-order valence-corrected chi connectivity index (χ3v) is 4.60. The second kappa shape index (κ2) is 10.0. The lowest BCUT2D eigenvalue weighted by atomic mass is 10.1. The van der Waals surface area contributed by atoms with Gasteiger partial charge in [0, 0.05) is 24.4 Å². The summed E-state index contributed by atoms with van der Waals surface area (Å²) in [5.74, 6) is -0.488. The highest BCUT2D eigenvalue weighted by molar-refractivity contribution is 5.75. The molecular formula is C22H25FN4O4. The van der Waals surface area contributed by atoms with Gasteiger partial charge in [-0.1, -0.05) is 13.8 Å². The predicted molar refractivity (Wildman–Crippen MR) is 114 cm³/mol. The van der Waals surface area contributed by atoms with Crippen molar-refractivity contribution in [1.82, 2.24) is 19.7 Å². The molecule has 0 unspecified atom stereocenters. The number of ether oxygens (including phenoxy) is 1. The minimum absolute atomic E-state index is 0.287. The number of rotatable bonds is 7. The first-order valence-electron chi connectivity index (χ1n) is 10.1. The molecule has 4 aromatic rings. The van der Waals surface area contributed by atoms with Crippen LogP contribution in [0.25, 0.3) is 22.5 Å². The van der Waals surface area contributed by atoms with Gasteiger partial charge in [0.05, 0.1) is 25.1 Å². The van der Waals surface area contributed by atoms with Crippen LogP contribution in [0.5, 0.6) is 5.75 Å². The van der Waals surface area contributed by atoms with Gasteiger partial charge in [-0.2, -0.15) is 5.10 Å². The summed E-state index contributed by atoms with van der Waals surface area (Å²) in [5.41, 5.74) is 3.86. The maximum Gasteiger partial charge on any atom is 0.418 e. The average Bonchev–Trinajstić information content (AvgIpc) is 3.33. The lowest BCUT2D eigenvalue weighted by molar-refractivity contribution is 0.260. The van der Waals surface area contributed by atoms with E-state index in [1.807, 2.05) is 20.9 Å². The van der Waals surface area contributed by atoms with Gasteiger partial charge >= 0.3 is 5.76 Å². The number of benzene rings is 1. The van der Waals surface area contributed by atoms with Gasteiger partial charge in [-0.3, -0.25) is 9.67 Å². The fraction of sp³-hybridized carbons (Fsp3) is 0.318. The molecule has 3 heterocycles. The third kappa shape index (κ3) is 5.00. The first-order chi connectivity index (χ1) is 15.0. The van der Waals surface area contributed by atoms with E-state index in [2.05, 4.69) is 15.1 Å². The fourth-order valence-electron chi connectivity index (χ4n) is 3.26. The van der Waals surface area contributed by atoms with Crippen molar-refractivity contribution >= 4 is 11.2 Å². The number of aliphatic hydroxyl groups excluding tert-OH is 1. The van der Waals surface area contributed by atoms with Crippen LogP contribution < -0.4 is 10.5 Å². The molecule has 0 saturated carbocycles. The Balaban J connectivity index is 0.00000132. The zero-order chi connectivity index (χ0) is 22.4. The Hall–Kier alpha value is -3.46. The number of oxazole rings is 1. The summed E-state index contributed by atoms with van der Waals surface area (Å²) < 4.78 is 25.8. The molecule has 0 atom stereocenters. The van der Waals surface area contributed by atoms with E-state index in [1.165, 1.54) is 18.2 Å². The van der Waals surface area contributed by atoms with Gasteiger partial charge in [-0.25, -0.2) is 14.2 Å². The smallest absolute Gasteiger partial charge is 0.418 e. The molecule has 0 aliphatic rings. The van der Waals surface area contributed by atoms with Crippen LogP contribution in [0.15, 0.2) is 45.9 Å². The van der Waals surface area contributed by atoms with Gasteiger partial charge in [0.25, 0.3) is 0 Å². The van der Waals surface area contributed by atoms with E-state index in [9.17, 15) is 14.3 Å². The van der Waals surface area contributed by atoms with Gasteiger partial charge in [-0.15, -0.1) is 0 Å². The van der Waals surface area contributed by atoms with Crippen molar-refractivity contribution in [3.05, 3.63) is 64.2 Å². The van der Waals surface area contributed by atoms with Crippen molar-refractivity contribution in [1.29, 1.82) is 0 Å². The molecule has 4 rings (SSSR count). The van der Waals surface area contributed by atoms with E-state index >= 15 is 0 Å². The Morgan fingerprint density at radius 3 is 2.81 bits per heavy atom. The van der Waals surface area contributed by atoms with Crippen LogP contribution in [-0.2, 0) is 20.1 Å². The number of halogens is 1. The number of hydrogen-bond acceptors (Lipinski definition) is 6. The molecule has 0 spiro atoms. The molecule has 0 bridgehead atoms. The Labute approximate surface area is 178 Å². The van der Waals surface area contributed by atoms with Crippen molar-refractivity contribution in [3.8, 4) is 17.0 Å². The topological polar surface area (TPSA) is 106 Å². The highest BCUT2D eigenvalue weighted by Crippen LogP contribution is 2.26. The molecule has 0 aliphatic carbocycles. The van der Waals surface area contributed by atoms with Crippen LogP contribution in [-0.4, -0.2) is 31.5 Å². The molecule has 0 amide bonds. The summed E-state index contributed by atoms with van der Waals surface area (Å²) in [6, 6.07) is 5.83. The van der Waals surface area contributed by atoms with Crippen molar-refractivity contribution < 1.29 is 18.7 Å². The monoisotopic (exact) mass is 428 g/mol. The molecule has 0 saturated heterocycles. The van der Waals surface area contributed by atoms with Crippen LogP contribution in [0.4, 0.5) is 4.39 Å². The van der Waals surface area contributed by atoms with E-state index in [-0.39, 0.29) is 6.61 Å². The Morgan fingerprint density at radius 2 is 2.03 bits per heavy atom. The number of nitrogens with one attached hydrogen (secondary N) is 1. The number of fused-ring (bicyclic) bond motifs is 1. The average molecular weight is 428 g/mol. The van der Waals surface area contributed by atoms with E-state index in [4.69, 9.17) is 9.15 Å². The number of aromatic nitrogens is 4. The van der Waals surface area contributed by atoms with Crippen LogP contribution in [0.1, 0.15) is 31.4 Å². The molecule has 3 aromatic heterocycles. The summed E-state index contributed by atoms with van der Waals surface area (Å²) >= 11 is 0. The Morgan fingerprint density at radius 1 is 1.23 bits per heavy atom. The van der Waals surface area contributed by atoms with Crippen LogP contribution in [0.3, 0.4) is 0 Å². The minimum atomic E-state index is -0.546. The number of aromatic amines is 1. The Kier molecular flexibility index (Phi) is 7.19. The molecule has 1 aromatic carbocycles. The molecule has 0 aliphatic heterocycles.